The topological polar surface area (TPSA) is 12.9 Å². The Labute approximate surface area is 74.6 Å². The zero-order valence-corrected chi connectivity index (χ0v) is 7.31. The lowest BCUT2D eigenvalue weighted by atomic mass is 10.1. The van der Waals surface area contributed by atoms with Gasteiger partial charge >= 0.3 is 6.18 Å². The van der Waals surface area contributed by atoms with Gasteiger partial charge in [0.1, 0.15) is 5.69 Å². The molecule has 0 atom stereocenters. The van der Waals surface area contributed by atoms with Crippen molar-refractivity contribution in [2.75, 3.05) is 0 Å². The van der Waals surface area contributed by atoms with E-state index in [1.807, 2.05) is 0 Å². The normalized spacial score (nSPS) is 12.2. The number of rotatable bonds is 1. The third kappa shape index (κ3) is 2.44. The van der Waals surface area contributed by atoms with Gasteiger partial charge in [-0.3, -0.25) is 0 Å². The number of alkyl halides is 3. The number of pyridine rings is 1. The molecular weight excluding hydrogens is 179 g/mol. The lowest BCUT2D eigenvalue weighted by Crippen LogP contribution is -2.09. The van der Waals surface area contributed by atoms with Gasteiger partial charge in [0.15, 0.2) is 0 Å². The Morgan fingerprint density at radius 3 is 2.46 bits per heavy atom. The molecule has 0 saturated carbocycles. The number of hydrogen-bond acceptors (Lipinski definition) is 1. The third-order valence-electron chi connectivity index (χ3n) is 1.55. The van der Waals surface area contributed by atoms with E-state index < -0.39 is 11.9 Å². The second-order valence-corrected chi connectivity index (χ2v) is 3.01. The molecule has 0 fully saturated rings. The quantitative estimate of drug-likeness (QED) is 0.660. The van der Waals surface area contributed by atoms with Crippen molar-refractivity contribution in [3.63, 3.8) is 0 Å². The summed E-state index contributed by atoms with van der Waals surface area (Å²) < 4.78 is 36.5. The maximum absolute atomic E-state index is 12.2. The lowest BCUT2D eigenvalue weighted by Gasteiger charge is -2.08. The van der Waals surface area contributed by atoms with E-state index in [0.29, 0.717) is 5.69 Å². The molecule has 0 aliphatic heterocycles. The fourth-order valence-corrected chi connectivity index (χ4v) is 0.859. The molecule has 0 unspecified atom stereocenters. The zero-order valence-electron chi connectivity index (χ0n) is 7.31. The first-order valence-electron chi connectivity index (χ1n) is 3.87. The van der Waals surface area contributed by atoms with Crippen molar-refractivity contribution in [3.05, 3.63) is 29.6 Å². The van der Waals surface area contributed by atoms with Crippen LogP contribution >= 0.6 is 0 Å². The first-order chi connectivity index (χ1) is 5.91. The summed E-state index contributed by atoms with van der Waals surface area (Å²) in [6.45, 7) is 3.55. The van der Waals surface area contributed by atoms with Crippen LogP contribution in [0.5, 0.6) is 0 Å². The van der Waals surface area contributed by atoms with Crippen LogP contribution in [-0.4, -0.2) is 4.98 Å². The average Bonchev–Trinajstić information content (AvgIpc) is 2.03. The van der Waals surface area contributed by atoms with Crippen molar-refractivity contribution in [2.24, 2.45) is 0 Å². The van der Waals surface area contributed by atoms with Crippen LogP contribution in [0.15, 0.2) is 12.1 Å². The van der Waals surface area contributed by atoms with Crippen LogP contribution in [0.2, 0.25) is 0 Å². The number of halogens is 3. The molecule has 71 valence electrons. The molecule has 1 nitrogen and oxygen atoms in total. The van der Waals surface area contributed by atoms with Gasteiger partial charge in [-0.15, -0.1) is 0 Å². The molecule has 0 saturated heterocycles. The maximum Gasteiger partial charge on any atom is 0.433 e. The van der Waals surface area contributed by atoms with Crippen molar-refractivity contribution < 1.29 is 13.2 Å². The Balaban J connectivity index is 3.06. The highest BCUT2D eigenvalue weighted by atomic mass is 19.4. The zero-order chi connectivity index (χ0) is 10.1. The van der Waals surface area contributed by atoms with Gasteiger partial charge in [0, 0.05) is 6.07 Å². The predicted molar refractivity (Wildman–Crippen MR) is 42.2 cm³/mol. The summed E-state index contributed by atoms with van der Waals surface area (Å²) in [6, 6.07) is 4.85. The summed E-state index contributed by atoms with van der Waals surface area (Å²) in [6.07, 6.45) is -4.36. The van der Waals surface area contributed by atoms with Gasteiger partial charge in [-0.1, -0.05) is 19.9 Å². The van der Waals surface area contributed by atoms with E-state index in [2.05, 4.69) is 11.1 Å². The van der Waals surface area contributed by atoms with E-state index in [9.17, 15) is 13.2 Å². The molecule has 0 aromatic carbocycles. The molecule has 0 bridgehead atoms. The van der Waals surface area contributed by atoms with Gasteiger partial charge in [-0.05, 0) is 12.0 Å². The van der Waals surface area contributed by atoms with Crippen LogP contribution in [0.25, 0.3) is 0 Å². The number of aromatic nitrogens is 1. The molecule has 1 aromatic heterocycles. The second-order valence-electron chi connectivity index (χ2n) is 3.01. The van der Waals surface area contributed by atoms with Crippen LogP contribution in [0.4, 0.5) is 13.2 Å². The van der Waals surface area contributed by atoms with Crippen LogP contribution in [0.1, 0.15) is 31.2 Å². The molecule has 4 heteroatoms. The molecule has 0 aliphatic rings. The lowest BCUT2D eigenvalue weighted by molar-refractivity contribution is -0.141. The molecule has 13 heavy (non-hydrogen) atoms. The summed E-state index contributed by atoms with van der Waals surface area (Å²) in [5, 5.41) is 0. The van der Waals surface area contributed by atoms with Crippen LogP contribution in [-0.2, 0) is 6.18 Å². The molecule has 0 amide bonds. The molecule has 1 rings (SSSR count). The Kier molecular flexibility index (Phi) is 2.59. The molecule has 0 spiro atoms. The summed E-state index contributed by atoms with van der Waals surface area (Å²) in [5.41, 5.74) is -0.509. The molecule has 1 aromatic rings. The van der Waals surface area contributed by atoms with E-state index in [1.165, 1.54) is 6.07 Å². The van der Waals surface area contributed by atoms with Crippen molar-refractivity contribution in [3.8, 4) is 0 Å². The summed E-state index contributed by atoms with van der Waals surface area (Å²) in [7, 11) is 0. The van der Waals surface area contributed by atoms with Crippen LogP contribution in [0, 0.1) is 6.07 Å². The highest BCUT2D eigenvalue weighted by Gasteiger charge is 2.32. The van der Waals surface area contributed by atoms with Gasteiger partial charge in [0.05, 0.1) is 5.69 Å². The Morgan fingerprint density at radius 2 is 2.00 bits per heavy atom. The average molecular weight is 188 g/mol. The molecule has 0 aliphatic carbocycles. The predicted octanol–water partition coefficient (Wildman–Crippen LogP) is 3.02. The fourth-order valence-electron chi connectivity index (χ4n) is 0.859. The minimum Gasteiger partial charge on any atom is -0.247 e. The highest BCUT2D eigenvalue weighted by molar-refractivity contribution is 5.14. The Morgan fingerprint density at radius 1 is 1.38 bits per heavy atom. The first-order valence-corrected chi connectivity index (χ1v) is 3.87. The van der Waals surface area contributed by atoms with Gasteiger partial charge in [0.2, 0.25) is 0 Å². The van der Waals surface area contributed by atoms with Crippen molar-refractivity contribution >= 4 is 0 Å². The second kappa shape index (κ2) is 3.36. The van der Waals surface area contributed by atoms with Crippen LogP contribution in [0.3, 0.4) is 0 Å². The van der Waals surface area contributed by atoms with Gasteiger partial charge in [0.25, 0.3) is 0 Å². The summed E-state index contributed by atoms with van der Waals surface area (Å²) >= 11 is 0. The first kappa shape index (κ1) is 10.0. The SMILES string of the molecule is CC(C)c1[c]ccc(C(F)(F)F)n1. The third-order valence-corrected chi connectivity index (χ3v) is 1.55. The number of hydrogen-bond donors (Lipinski definition) is 0. The minimum absolute atomic E-state index is 0.0395. The van der Waals surface area contributed by atoms with E-state index >= 15 is 0 Å². The Hall–Kier alpha value is -1.06. The minimum atomic E-state index is -4.36. The maximum atomic E-state index is 12.2. The van der Waals surface area contributed by atoms with E-state index in [-0.39, 0.29) is 5.92 Å². The molecule has 1 radical (unpaired) electrons. The number of nitrogens with zero attached hydrogens (tertiary/aromatic N) is 1. The van der Waals surface area contributed by atoms with Gasteiger partial charge in [-0.25, -0.2) is 4.98 Å². The monoisotopic (exact) mass is 188 g/mol. The molecule has 0 N–H and O–H groups in total. The van der Waals surface area contributed by atoms with Gasteiger partial charge in [-0.2, -0.15) is 13.2 Å². The fraction of sp³-hybridized carbons (Fsp3) is 0.444. The van der Waals surface area contributed by atoms with E-state index in [4.69, 9.17) is 0 Å². The summed E-state index contributed by atoms with van der Waals surface area (Å²) in [4.78, 5) is 3.46. The molecular formula is C9H9F3N. The van der Waals surface area contributed by atoms with Crippen molar-refractivity contribution in [1.29, 1.82) is 0 Å². The molecule has 1 heterocycles. The van der Waals surface area contributed by atoms with Crippen LogP contribution < -0.4 is 0 Å². The van der Waals surface area contributed by atoms with Crippen molar-refractivity contribution in [1.82, 2.24) is 4.98 Å². The largest absolute Gasteiger partial charge is 0.433 e. The highest BCUT2D eigenvalue weighted by Crippen LogP contribution is 2.28. The standard InChI is InChI=1S/C9H9F3N/c1-6(2)7-4-3-5-8(13-7)9(10,11)12/h3,5-6H,1-2H3. The van der Waals surface area contributed by atoms with Crippen molar-refractivity contribution in [2.45, 2.75) is 25.9 Å². The Bertz CT molecular complexity index is 291. The van der Waals surface area contributed by atoms with E-state index in [0.717, 1.165) is 6.07 Å². The summed E-state index contributed by atoms with van der Waals surface area (Å²) in [5.74, 6) is -0.0395. The smallest absolute Gasteiger partial charge is 0.247 e. The van der Waals surface area contributed by atoms with Gasteiger partial charge < -0.3 is 0 Å². The van der Waals surface area contributed by atoms with E-state index in [1.54, 1.807) is 13.8 Å².